The minimum Gasteiger partial charge on any atom is -0.322 e. The molecule has 5 heteroatoms. The summed E-state index contributed by atoms with van der Waals surface area (Å²) < 4.78 is 0. The van der Waals surface area contributed by atoms with Crippen LogP contribution in [0.15, 0.2) is 23.0 Å². The first kappa shape index (κ1) is 11.0. The highest BCUT2D eigenvalue weighted by atomic mass is 16.6. The largest absolute Gasteiger partial charge is 0.322 e. The van der Waals surface area contributed by atoms with Crippen LogP contribution in [-0.4, -0.2) is 9.91 Å². The minimum absolute atomic E-state index is 0.0500. The predicted octanol–water partition coefficient (Wildman–Crippen LogP) is 2.32. The fourth-order valence-electron chi connectivity index (χ4n) is 2.66. The zero-order valence-corrected chi connectivity index (χ0v) is 9.73. The lowest BCUT2D eigenvalue weighted by Gasteiger charge is -2.16. The molecule has 0 unspecified atom stereocenters. The highest BCUT2D eigenvalue weighted by Crippen LogP contribution is 2.28. The standard InChI is InChI=1S/C13H12N2O3/c16-13-10-4-2-1-3-9(10)11-7-8(15(17)18)5-6-12(11)14-13/h5-7H,1-4H2,(H,14,16). The number of nitrogens with zero attached hydrogens (tertiary/aromatic N) is 1. The summed E-state index contributed by atoms with van der Waals surface area (Å²) >= 11 is 0. The minimum atomic E-state index is -0.403. The van der Waals surface area contributed by atoms with Gasteiger partial charge in [0.15, 0.2) is 0 Å². The van der Waals surface area contributed by atoms with Crippen molar-refractivity contribution in [2.75, 3.05) is 0 Å². The molecule has 0 amide bonds. The molecule has 0 saturated heterocycles. The van der Waals surface area contributed by atoms with Crippen molar-refractivity contribution in [1.82, 2.24) is 4.98 Å². The van der Waals surface area contributed by atoms with Gasteiger partial charge >= 0.3 is 0 Å². The molecule has 18 heavy (non-hydrogen) atoms. The summed E-state index contributed by atoms with van der Waals surface area (Å²) in [5, 5.41) is 11.6. The lowest BCUT2D eigenvalue weighted by Crippen LogP contribution is -2.19. The third-order valence-electron chi connectivity index (χ3n) is 3.53. The molecular formula is C13H12N2O3. The zero-order chi connectivity index (χ0) is 12.7. The summed E-state index contributed by atoms with van der Waals surface area (Å²) in [6.45, 7) is 0. The Bertz CT molecular complexity index is 703. The Morgan fingerprint density at radius 2 is 1.89 bits per heavy atom. The fourth-order valence-corrected chi connectivity index (χ4v) is 2.66. The SMILES string of the molecule is O=c1[nH]c2ccc([N+](=O)[O-])cc2c2c1CCCC2. The molecule has 1 aromatic heterocycles. The number of nitro benzene ring substituents is 1. The average molecular weight is 244 g/mol. The first-order chi connectivity index (χ1) is 8.66. The molecule has 0 radical (unpaired) electrons. The van der Waals surface area contributed by atoms with Gasteiger partial charge in [0.2, 0.25) is 0 Å². The Kier molecular flexibility index (Phi) is 2.40. The van der Waals surface area contributed by atoms with Crippen LogP contribution >= 0.6 is 0 Å². The van der Waals surface area contributed by atoms with Crippen molar-refractivity contribution < 1.29 is 4.92 Å². The van der Waals surface area contributed by atoms with E-state index < -0.39 is 4.92 Å². The molecule has 0 fully saturated rings. The Morgan fingerprint density at radius 1 is 1.17 bits per heavy atom. The third kappa shape index (κ3) is 1.59. The quantitative estimate of drug-likeness (QED) is 0.617. The van der Waals surface area contributed by atoms with E-state index in [1.807, 2.05) is 0 Å². The maximum Gasteiger partial charge on any atom is 0.270 e. The van der Waals surface area contributed by atoms with Gasteiger partial charge < -0.3 is 4.98 Å². The molecule has 1 aromatic carbocycles. The number of pyridine rings is 1. The smallest absolute Gasteiger partial charge is 0.270 e. The molecular weight excluding hydrogens is 232 g/mol. The molecule has 5 nitrogen and oxygen atoms in total. The highest BCUT2D eigenvalue weighted by molar-refractivity contribution is 5.85. The van der Waals surface area contributed by atoms with E-state index in [0.717, 1.165) is 42.2 Å². The molecule has 3 rings (SSSR count). The van der Waals surface area contributed by atoms with Crippen molar-refractivity contribution in [3.05, 3.63) is 49.8 Å². The van der Waals surface area contributed by atoms with Gasteiger partial charge in [0.05, 0.1) is 4.92 Å². The molecule has 1 heterocycles. The molecule has 0 atom stereocenters. The summed E-state index contributed by atoms with van der Waals surface area (Å²) in [6, 6.07) is 4.60. The number of H-pyrrole nitrogens is 1. The Morgan fingerprint density at radius 3 is 2.61 bits per heavy atom. The normalized spacial score (nSPS) is 14.4. The van der Waals surface area contributed by atoms with Crippen LogP contribution in [-0.2, 0) is 12.8 Å². The number of rotatable bonds is 1. The number of hydrogen-bond acceptors (Lipinski definition) is 3. The van der Waals surface area contributed by atoms with Crippen molar-refractivity contribution in [1.29, 1.82) is 0 Å². The number of benzene rings is 1. The molecule has 0 bridgehead atoms. The molecule has 0 saturated carbocycles. The molecule has 2 aromatic rings. The summed E-state index contributed by atoms with van der Waals surface area (Å²) in [7, 11) is 0. The number of nitro groups is 1. The summed E-state index contributed by atoms with van der Waals surface area (Å²) in [5.74, 6) is 0. The van der Waals surface area contributed by atoms with Gasteiger partial charge in [-0.05, 0) is 37.3 Å². The Hall–Kier alpha value is -2.17. The number of aromatic amines is 1. The maximum absolute atomic E-state index is 11.9. The second-order valence-electron chi connectivity index (χ2n) is 4.61. The molecule has 1 aliphatic rings. The van der Waals surface area contributed by atoms with Crippen LogP contribution in [0.2, 0.25) is 0 Å². The van der Waals surface area contributed by atoms with Crippen LogP contribution in [0, 0.1) is 10.1 Å². The van der Waals surface area contributed by atoms with E-state index in [1.54, 1.807) is 12.1 Å². The lowest BCUT2D eigenvalue weighted by atomic mass is 9.90. The van der Waals surface area contributed by atoms with E-state index in [2.05, 4.69) is 4.98 Å². The van der Waals surface area contributed by atoms with Crippen LogP contribution in [0.1, 0.15) is 24.0 Å². The average Bonchev–Trinajstić information content (AvgIpc) is 2.38. The Balaban J connectivity index is 2.36. The van der Waals surface area contributed by atoms with Gasteiger partial charge in [0.1, 0.15) is 0 Å². The van der Waals surface area contributed by atoms with Gasteiger partial charge in [-0.15, -0.1) is 0 Å². The molecule has 92 valence electrons. The fraction of sp³-hybridized carbons (Fsp3) is 0.308. The Labute approximate surface area is 103 Å². The maximum atomic E-state index is 11.9. The molecule has 1 aliphatic carbocycles. The van der Waals surface area contributed by atoms with E-state index >= 15 is 0 Å². The van der Waals surface area contributed by atoms with Crippen LogP contribution in [0.5, 0.6) is 0 Å². The van der Waals surface area contributed by atoms with Crippen LogP contribution < -0.4 is 5.56 Å². The van der Waals surface area contributed by atoms with Gasteiger partial charge in [-0.1, -0.05) is 0 Å². The number of aryl methyl sites for hydroxylation is 1. The van der Waals surface area contributed by atoms with E-state index in [0.29, 0.717) is 5.52 Å². The zero-order valence-electron chi connectivity index (χ0n) is 9.73. The van der Waals surface area contributed by atoms with Crippen molar-refractivity contribution >= 4 is 16.6 Å². The number of fused-ring (bicyclic) bond motifs is 3. The number of hydrogen-bond donors (Lipinski definition) is 1. The lowest BCUT2D eigenvalue weighted by molar-refractivity contribution is -0.384. The molecule has 0 spiro atoms. The second kappa shape index (κ2) is 3.94. The van der Waals surface area contributed by atoms with Gasteiger partial charge in [-0.2, -0.15) is 0 Å². The van der Waals surface area contributed by atoms with Crippen LogP contribution in [0.25, 0.3) is 10.9 Å². The molecule has 0 aliphatic heterocycles. The van der Waals surface area contributed by atoms with Crippen molar-refractivity contribution in [2.24, 2.45) is 0 Å². The second-order valence-corrected chi connectivity index (χ2v) is 4.61. The third-order valence-corrected chi connectivity index (χ3v) is 3.53. The first-order valence-corrected chi connectivity index (χ1v) is 5.99. The van der Waals surface area contributed by atoms with Gasteiger partial charge in [-0.3, -0.25) is 14.9 Å². The summed E-state index contributed by atoms with van der Waals surface area (Å²) in [5.41, 5.74) is 2.50. The number of non-ortho nitro benzene ring substituents is 1. The van der Waals surface area contributed by atoms with Crippen molar-refractivity contribution in [3.8, 4) is 0 Å². The van der Waals surface area contributed by atoms with Crippen molar-refractivity contribution in [3.63, 3.8) is 0 Å². The number of aromatic nitrogens is 1. The van der Waals surface area contributed by atoms with Gasteiger partial charge in [-0.25, -0.2) is 0 Å². The predicted molar refractivity (Wildman–Crippen MR) is 67.9 cm³/mol. The van der Waals surface area contributed by atoms with E-state index in [4.69, 9.17) is 0 Å². The van der Waals surface area contributed by atoms with Crippen molar-refractivity contribution in [2.45, 2.75) is 25.7 Å². The first-order valence-electron chi connectivity index (χ1n) is 5.99. The van der Waals surface area contributed by atoms with Crippen LogP contribution in [0.3, 0.4) is 0 Å². The van der Waals surface area contributed by atoms with E-state index in [9.17, 15) is 14.9 Å². The summed E-state index contributed by atoms with van der Waals surface area (Å²) in [4.78, 5) is 25.1. The number of nitrogens with one attached hydrogen (secondary N) is 1. The monoisotopic (exact) mass is 244 g/mol. The van der Waals surface area contributed by atoms with E-state index in [-0.39, 0.29) is 11.2 Å². The summed E-state index contributed by atoms with van der Waals surface area (Å²) in [6.07, 6.45) is 3.64. The van der Waals surface area contributed by atoms with E-state index in [1.165, 1.54) is 6.07 Å². The topological polar surface area (TPSA) is 76.0 Å². The van der Waals surface area contributed by atoms with Crippen LogP contribution in [0.4, 0.5) is 5.69 Å². The van der Waals surface area contributed by atoms with Gasteiger partial charge in [0.25, 0.3) is 11.2 Å². The highest BCUT2D eigenvalue weighted by Gasteiger charge is 2.18. The molecule has 1 N–H and O–H groups in total. The van der Waals surface area contributed by atoms with Gasteiger partial charge in [0, 0.05) is 28.6 Å².